The molecule has 0 spiro atoms. The van der Waals surface area contributed by atoms with E-state index in [1.807, 2.05) is 0 Å². The summed E-state index contributed by atoms with van der Waals surface area (Å²) in [4.78, 5) is 10.5. The molecule has 0 radical (unpaired) electrons. The number of aliphatic hydroxyl groups excluding tert-OH is 1. The topological polar surface area (TPSA) is 72.6 Å². The van der Waals surface area contributed by atoms with E-state index in [-0.39, 0.29) is 0 Å². The van der Waals surface area contributed by atoms with Crippen molar-refractivity contribution in [3.63, 3.8) is 0 Å². The van der Waals surface area contributed by atoms with Crippen LogP contribution in [0.3, 0.4) is 0 Å². The number of nitro groups is 1. The van der Waals surface area contributed by atoms with Gasteiger partial charge in [-0.3, -0.25) is 10.1 Å². The molecule has 0 aliphatic carbocycles. The average molecular weight is 340 g/mol. The first-order chi connectivity index (χ1) is 8.87. The lowest BCUT2D eigenvalue weighted by Crippen LogP contribution is -2.51. The van der Waals surface area contributed by atoms with Gasteiger partial charge in [0.2, 0.25) is 0 Å². The van der Waals surface area contributed by atoms with Crippen LogP contribution in [0.5, 0.6) is 0 Å². The van der Waals surface area contributed by atoms with Crippen molar-refractivity contribution in [2.24, 2.45) is 0 Å². The van der Waals surface area contributed by atoms with E-state index in [4.69, 9.17) is 4.74 Å². The fourth-order valence-electron chi connectivity index (χ4n) is 1.90. The zero-order chi connectivity index (χ0) is 14.9. The van der Waals surface area contributed by atoms with Crippen LogP contribution >= 0.6 is 15.9 Å². The van der Waals surface area contributed by atoms with E-state index in [0.717, 1.165) is 12.8 Å². The van der Waals surface area contributed by atoms with Gasteiger partial charge in [-0.25, -0.2) is 0 Å². The number of unbranched alkanes of at least 4 members (excludes halogenated alkanes) is 5. The summed E-state index contributed by atoms with van der Waals surface area (Å²) in [6.07, 6.45) is 5.06. The number of hydrogen-bond donors (Lipinski definition) is 1. The van der Waals surface area contributed by atoms with Gasteiger partial charge in [0.1, 0.15) is 12.2 Å². The summed E-state index contributed by atoms with van der Waals surface area (Å²) < 4.78 is 3.86. The molecule has 0 aliphatic rings. The molecule has 0 saturated carbocycles. The first kappa shape index (κ1) is 18.8. The maximum Gasteiger partial charge on any atom is 0.324 e. The lowest BCUT2D eigenvalue weighted by molar-refractivity contribution is -0.559. The lowest BCUT2D eigenvalue weighted by Gasteiger charge is -2.27. The first-order valence-electron chi connectivity index (χ1n) is 7.00. The number of ether oxygens (including phenoxy) is 1. The Morgan fingerprint density at radius 3 is 2.26 bits per heavy atom. The molecule has 3 atom stereocenters. The molecule has 114 valence electrons. The molecule has 0 aliphatic heterocycles. The van der Waals surface area contributed by atoms with Crippen LogP contribution in [-0.2, 0) is 4.74 Å². The molecule has 5 nitrogen and oxygen atoms in total. The highest BCUT2D eigenvalue weighted by atomic mass is 79.9. The van der Waals surface area contributed by atoms with E-state index in [1.165, 1.54) is 32.6 Å². The van der Waals surface area contributed by atoms with Crippen LogP contribution in [0.4, 0.5) is 0 Å². The van der Waals surface area contributed by atoms with E-state index in [0.29, 0.717) is 6.61 Å². The standard InChI is InChI=1S/C13H26BrNO4/c1-4-5-6-7-8-9-10-19-12(3)13(14,11(2)16)15(17)18/h11-12,16H,4-10H2,1-3H3. The van der Waals surface area contributed by atoms with Gasteiger partial charge in [0.25, 0.3) is 0 Å². The highest BCUT2D eigenvalue weighted by Crippen LogP contribution is 2.30. The van der Waals surface area contributed by atoms with E-state index in [1.54, 1.807) is 6.92 Å². The van der Waals surface area contributed by atoms with Crippen molar-refractivity contribution in [2.45, 2.75) is 76.0 Å². The molecule has 0 rings (SSSR count). The molecule has 6 heteroatoms. The minimum atomic E-state index is -1.63. The fourth-order valence-corrected chi connectivity index (χ4v) is 2.03. The molecule has 0 aromatic rings. The van der Waals surface area contributed by atoms with E-state index < -0.39 is 21.6 Å². The monoisotopic (exact) mass is 339 g/mol. The third-order valence-electron chi connectivity index (χ3n) is 3.30. The van der Waals surface area contributed by atoms with Gasteiger partial charge in [0.05, 0.1) is 0 Å². The number of alkyl halides is 1. The van der Waals surface area contributed by atoms with Crippen LogP contribution in [0.15, 0.2) is 0 Å². The minimum absolute atomic E-state index is 0.487. The Hall–Kier alpha value is -0.200. The van der Waals surface area contributed by atoms with Gasteiger partial charge < -0.3 is 9.84 Å². The third kappa shape index (κ3) is 6.19. The predicted molar refractivity (Wildman–Crippen MR) is 79.1 cm³/mol. The Labute approximate surface area is 124 Å². The molecule has 0 heterocycles. The third-order valence-corrected chi connectivity index (χ3v) is 4.90. The average Bonchev–Trinajstić information content (AvgIpc) is 2.35. The summed E-state index contributed by atoms with van der Waals surface area (Å²) in [7, 11) is 0. The van der Waals surface area contributed by atoms with Crippen molar-refractivity contribution < 1.29 is 14.8 Å². The van der Waals surface area contributed by atoms with Crippen LogP contribution in [0.25, 0.3) is 0 Å². The zero-order valence-electron chi connectivity index (χ0n) is 12.1. The fraction of sp³-hybridized carbons (Fsp3) is 1.00. The summed E-state index contributed by atoms with van der Waals surface area (Å²) in [5, 5.41) is 20.6. The SMILES string of the molecule is CCCCCCCCOC(C)C(Br)(C(C)O)[N+](=O)[O-]. The maximum absolute atomic E-state index is 11.0. The smallest absolute Gasteiger partial charge is 0.324 e. The molecule has 0 amide bonds. The van der Waals surface area contributed by atoms with Gasteiger partial charge >= 0.3 is 4.45 Å². The molecule has 3 unspecified atom stereocenters. The second kappa shape index (κ2) is 9.66. The van der Waals surface area contributed by atoms with Gasteiger partial charge in [-0.1, -0.05) is 39.0 Å². The predicted octanol–water partition coefficient (Wildman–Crippen LogP) is 3.50. The largest absolute Gasteiger partial charge is 0.385 e. The molecular weight excluding hydrogens is 314 g/mol. The molecule has 0 saturated heterocycles. The van der Waals surface area contributed by atoms with Crippen molar-refractivity contribution >= 4 is 15.9 Å². The van der Waals surface area contributed by atoms with Crippen LogP contribution in [-0.4, -0.2) is 33.3 Å². The summed E-state index contributed by atoms with van der Waals surface area (Å²) in [5.74, 6) is 0. The van der Waals surface area contributed by atoms with Crippen LogP contribution in [0.2, 0.25) is 0 Å². The summed E-state index contributed by atoms with van der Waals surface area (Å²) >= 11 is 3.01. The Kier molecular flexibility index (Phi) is 9.56. The molecule has 1 N–H and O–H groups in total. The Balaban J connectivity index is 3.95. The highest BCUT2D eigenvalue weighted by molar-refractivity contribution is 9.10. The van der Waals surface area contributed by atoms with E-state index >= 15 is 0 Å². The maximum atomic E-state index is 11.0. The second-order valence-electron chi connectivity index (χ2n) is 4.94. The Bertz CT molecular complexity index is 263. The van der Waals surface area contributed by atoms with Crippen LogP contribution < -0.4 is 0 Å². The normalized spacial score (nSPS) is 17.7. The molecule has 0 bridgehead atoms. The number of nitrogens with zero attached hydrogens (tertiary/aromatic N) is 1. The molecular formula is C13H26BrNO4. The van der Waals surface area contributed by atoms with Crippen molar-refractivity contribution in [1.29, 1.82) is 0 Å². The van der Waals surface area contributed by atoms with Gasteiger partial charge in [-0.15, -0.1) is 0 Å². The van der Waals surface area contributed by atoms with Crippen LogP contribution in [0.1, 0.15) is 59.3 Å². The van der Waals surface area contributed by atoms with Crippen molar-refractivity contribution in [2.75, 3.05) is 6.61 Å². The van der Waals surface area contributed by atoms with E-state index in [2.05, 4.69) is 22.9 Å². The lowest BCUT2D eigenvalue weighted by atomic mass is 10.1. The Morgan fingerprint density at radius 1 is 1.26 bits per heavy atom. The van der Waals surface area contributed by atoms with E-state index in [9.17, 15) is 15.2 Å². The summed E-state index contributed by atoms with van der Waals surface area (Å²) in [6.45, 7) is 5.67. The molecule has 0 aromatic carbocycles. The quantitative estimate of drug-likeness (QED) is 0.205. The molecule has 0 aromatic heterocycles. The summed E-state index contributed by atoms with van der Waals surface area (Å²) in [6, 6.07) is 0. The number of hydrogen-bond acceptors (Lipinski definition) is 4. The van der Waals surface area contributed by atoms with Gasteiger partial charge in [-0.05, 0) is 20.3 Å². The molecule has 19 heavy (non-hydrogen) atoms. The minimum Gasteiger partial charge on any atom is -0.385 e. The highest BCUT2D eigenvalue weighted by Gasteiger charge is 2.51. The van der Waals surface area contributed by atoms with Gasteiger partial charge in [-0.2, -0.15) is 0 Å². The summed E-state index contributed by atoms with van der Waals surface area (Å²) in [5.41, 5.74) is 0. The second-order valence-corrected chi connectivity index (χ2v) is 6.21. The zero-order valence-corrected chi connectivity index (χ0v) is 13.7. The number of rotatable bonds is 11. The van der Waals surface area contributed by atoms with Crippen LogP contribution in [0, 0.1) is 10.1 Å². The van der Waals surface area contributed by atoms with Crippen molar-refractivity contribution in [1.82, 2.24) is 0 Å². The number of halogens is 1. The van der Waals surface area contributed by atoms with Gasteiger partial charge in [0, 0.05) is 27.5 Å². The van der Waals surface area contributed by atoms with Crippen molar-refractivity contribution in [3.05, 3.63) is 10.1 Å². The first-order valence-corrected chi connectivity index (χ1v) is 7.79. The van der Waals surface area contributed by atoms with Crippen molar-refractivity contribution in [3.8, 4) is 0 Å². The molecule has 0 fully saturated rings. The Morgan fingerprint density at radius 2 is 1.79 bits per heavy atom. The number of aliphatic hydroxyl groups is 1. The van der Waals surface area contributed by atoms with Gasteiger partial charge in [0.15, 0.2) is 0 Å².